The molecule has 0 spiro atoms. The molecule has 0 amide bonds. The topological polar surface area (TPSA) is 37.8 Å². The van der Waals surface area contributed by atoms with Crippen molar-refractivity contribution >= 4 is 16.7 Å². The van der Waals surface area contributed by atoms with Crippen molar-refractivity contribution in [2.75, 3.05) is 5.32 Å². The smallest absolute Gasteiger partial charge is 0.202 e. The molecule has 0 aliphatic heterocycles. The van der Waals surface area contributed by atoms with E-state index >= 15 is 0 Å². The van der Waals surface area contributed by atoms with Crippen molar-refractivity contribution < 1.29 is 8.78 Å². The summed E-state index contributed by atoms with van der Waals surface area (Å²) in [4.78, 5) is 4.30. The third-order valence-electron chi connectivity index (χ3n) is 2.66. The summed E-state index contributed by atoms with van der Waals surface area (Å²) >= 11 is 1.29. The summed E-state index contributed by atoms with van der Waals surface area (Å²) in [6, 6.07) is 3.99. The maximum atomic E-state index is 13.0. The lowest BCUT2D eigenvalue weighted by Gasteiger charge is -1.99. The molecule has 0 saturated heterocycles. The Morgan fingerprint density at radius 3 is 2.61 bits per heavy atom. The van der Waals surface area contributed by atoms with Gasteiger partial charge in [-0.3, -0.25) is 0 Å². The van der Waals surface area contributed by atoms with Crippen LogP contribution in [0.3, 0.4) is 0 Å². The van der Waals surface area contributed by atoms with Crippen LogP contribution in [0.15, 0.2) is 18.2 Å². The molecule has 1 N–H and O–H groups in total. The van der Waals surface area contributed by atoms with Gasteiger partial charge in [-0.2, -0.15) is 4.37 Å². The second kappa shape index (κ2) is 4.61. The van der Waals surface area contributed by atoms with Crippen LogP contribution >= 0.6 is 11.5 Å². The van der Waals surface area contributed by atoms with Crippen molar-refractivity contribution in [1.82, 2.24) is 9.36 Å². The number of aromatic nitrogens is 2. The van der Waals surface area contributed by atoms with Crippen LogP contribution < -0.4 is 5.32 Å². The molecule has 3 rings (SSSR count). The van der Waals surface area contributed by atoms with Crippen molar-refractivity contribution in [3.8, 4) is 0 Å². The van der Waals surface area contributed by atoms with Gasteiger partial charge < -0.3 is 5.32 Å². The molecule has 0 bridgehead atoms. The number of nitrogens with one attached hydrogen (secondary N) is 1. The lowest BCUT2D eigenvalue weighted by Crippen LogP contribution is -2.00. The molecular weight excluding hydrogens is 256 g/mol. The number of hydrogen-bond acceptors (Lipinski definition) is 4. The minimum Gasteiger partial charge on any atom is -0.358 e. The maximum Gasteiger partial charge on any atom is 0.202 e. The summed E-state index contributed by atoms with van der Waals surface area (Å²) in [6.45, 7) is 0. The third-order valence-corrected chi connectivity index (χ3v) is 3.34. The first-order chi connectivity index (χ1) is 8.69. The van der Waals surface area contributed by atoms with Crippen LogP contribution in [0.5, 0.6) is 0 Å². The number of nitrogens with zero attached hydrogens (tertiary/aromatic N) is 2. The second-order valence-electron chi connectivity index (χ2n) is 4.39. The van der Waals surface area contributed by atoms with Crippen LogP contribution in [-0.4, -0.2) is 15.4 Å². The molecule has 6 heteroatoms. The minimum absolute atomic E-state index is 0.345. The molecule has 1 fully saturated rings. The van der Waals surface area contributed by atoms with Gasteiger partial charge in [0.05, 0.1) is 0 Å². The highest BCUT2D eigenvalue weighted by Gasteiger charge is 2.22. The molecule has 0 atom stereocenters. The summed E-state index contributed by atoms with van der Waals surface area (Å²) < 4.78 is 30.2. The SMILES string of the molecule is Fc1cc(F)cc(Cc2nsc(NC3CC3)n2)c1. The van der Waals surface area contributed by atoms with Crippen LogP contribution in [0.25, 0.3) is 0 Å². The van der Waals surface area contributed by atoms with E-state index in [4.69, 9.17) is 0 Å². The van der Waals surface area contributed by atoms with Gasteiger partial charge in [0.15, 0.2) is 0 Å². The molecule has 94 valence electrons. The predicted molar refractivity (Wildman–Crippen MR) is 65.7 cm³/mol. The van der Waals surface area contributed by atoms with Gasteiger partial charge in [-0.25, -0.2) is 13.8 Å². The van der Waals surface area contributed by atoms with E-state index in [-0.39, 0.29) is 0 Å². The predicted octanol–water partition coefficient (Wildman–Crippen LogP) is 2.98. The Labute approximate surface area is 107 Å². The Morgan fingerprint density at radius 2 is 1.94 bits per heavy atom. The molecule has 1 aromatic carbocycles. The van der Waals surface area contributed by atoms with Crippen molar-refractivity contribution in [3.63, 3.8) is 0 Å². The number of rotatable bonds is 4. The summed E-state index contributed by atoms with van der Waals surface area (Å²) in [5.74, 6) is -0.554. The van der Waals surface area contributed by atoms with Crippen molar-refractivity contribution in [1.29, 1.82) is 0 Å². The molecule has 1 saturated carbocycles. The average Bonchev–Trinajstić information content (AvgIpc) is 2.98. The van der Waals surface area contributed by atoms with Gasteiger partial charge in [0.25, 0.3) is 0 Å². The summed E-state index contributed by atoms with van der Waals surface area (Å²) in [7, 11) is 0. The molecule has 1 aliphatic carbocycles. The molecule has 1 aliphatic rings. The van der Waals surface area contributed by atoms with Gasteiger partial charge in [-0.15, -0.1) is 0 Å². The Kier molecular flexibility index (Phi) is 2.95. The first-order valence-electron chi connectivity index (χ1n) is 5.73. The van der Waals surface area contributed by atoms with E-state index in [9.17, 15) is 8.78 Å². The Hall–Kier alpha value is -1.56. The van der Waals surface area contributed by atoms with Crippen LogP contribution in [0.4, 0.5) is 13.9 Å². The normalized spacial score (nSPS) is 14.8. The lowest BCUT2D eigenvalue weighted by atomic mass is 10.1. The lowest BCUT2D eigenvalue weighted by molar-refractivity contribution is 0.580. The zero-order valence-corrected chi connectivity index (χ0v) is 10.3. The molecule has 2 aromatic rings. The minimum atomic E-state index is -0.573. The molecule has 1 heterocycles. The Balaban J connectivity index is 1.72. The summed E-state index contributed by atoms with van der Waals surface area (Å²) in [5, 5.41) is 4.02. The Bertz CT molecular complexity index is 546. The quantitative estimate of drug-likeness (QED) is 0.925. The van der Waals surface area contributed by atoms with E-state index in [2.05, 4.69) is 14.7 Å². The highest BCUT2D eigenvalue weighted by Crippen LogP contribution is 2.25. The van der Waals surface area contributed by atoms with E-state index in [1.54, 1.807) is 0 Å². The van der Waals surface area contributed by atoms with Crippen LogP contribution in [-0.2, 0) is 6.42 Å². The summed E-state index contributed by atoms with van der Waals surface area (Å²) in [5.41, 5.74) is 0.545. The van der Waals surface area contributed by atoms with Crippen LogP contribution in [0.2, 0.25) is 0 Å². The standard InChI is InChI=1S/C12H11F2N3S/c13-8-3-7(4-9(14)6-8)5-11-16-12(18-17-11)15-10-1-2-10/h3-4,6,10H,1-2,5H2,(H,15,16,17). The number of benzene rings is 1. The van der Waals surface area contributed by atoms with E-state index in [1.807, 2.05) is 0 Å². The van der Waals surface area contributed by atoms with E-state index in [0.717, 1.165) is 11.2 Å². The van der Waals surface area contributed by atoms with Gasteiger partial charge in [0.1, 0.15) is 17.5 Å². The Morgan fingerprint density at radius 1 is 1.22 bits per heavy atom. The van der Waals surface area contributed by atoms with Crippen LogP contribution in [0, 0.1) is 11.6 Å². The van der Waals surface area contributed by atoms with Gasteiger partial charge in [0, 0.05) is 30.1 Å². The van der Waals surface area contributed by atoms with Gasteiger partial charge in [0.2, 0.25) is 5.13 Å². The van der Waals surface area contributed by atoms with Gasteiger partial charge >= 0.3 is 0 Å². The van der Waals surface area contributed by atoms with Crippen molar-refractivity contribution in [2.24, 2.45) is 0 Å². The van der Waals surface area contributed by atoms with E-state index in [1.165, 1.54) is 36.5 Å². The molecule has 18 heavy (non-hydrogen) atoms. The fourth-order valence-electron chi connectivity index (χ4n) is 1.68. The van der Waals surface area contributed by atoms with Gasteiger partial charge in [-0.1, -0.05) is 0 Å². The molecule has 0 unspecified atom stereocenters. The monoisotopic (exact) mass is 267 g/mol. The van der Waals surface area contributed by atoms with Crippen LogP contribution in [0.1, 0.15) is 24.2 Å². The number of anilines is 1. The summed E-state index contributed by atoms with van der Waals surface area (Å²) in [6.07, 6.45) is 2.69. The number of halogens is 2. The molecule has 3 nitrogen and oxygen atoms in total. The zero-order valence-electron chi connectivity index (χ0n) is 9.49. The molecule has 1 aromatic heterocycles. The third kappa shape index (κ3) is 2.81. The highest BCUT2D eigenvalue weighted by molar-refractivity contribution is 7.09. The molecule has 0 radical (unpaired) electrons. The maximum absolute atomic E-state index is 13.0. The average molecular weight is 267 g/mol. The fourth-order valence-corrected chi connectivity index (χ4v) is 2.35. The number of hydrogen-bond donors (Lipinski definition) is 1. The highest BCUT2D eigenvalue weighted by atomic mass is 32.1. The largest absolute Gasteiger partial charge is 0.358 e. The van der Waals surface area contributed by atoms with Crippen molar-refractivity contribution in [2.45, 2.75) is 25.3 Å². The van der Waals surface area contributed by atoms with E-state index in [0.29, 0.717) is 23.9 Å². The molecular formula is C12H11F2N3S. The zero-order chi connectivity index (χ0) is 12.5. The van der Waals surface area contributed by atoms with Crippen molar-refractivity contribution in [3.05, 3.63) is 41.2 Å². The second-order valence-corrected chi connectivity index (χ2v) is 5.14. The fraction of sp³-hybridized carbons (Fsp3) is 0.333. The first-order valence-corrected chi connectivity index (χ1v) is 6.50. The van der Waals surface area contributed by atoms with E-state index < -0.39 is 11.6 Å². The van der Waals surface area contributed by atoms with Gasteiger partial charge in [-0.05, 0) is 30.5 Å². The first kappa shape index (κ1) is 11.5.